The van der Waals surface area contributed by atoms with Gasteiger partial charge in [-0.25, -0.2) is 0 Å². The van der Waals surface area contributed by atoms with Crippen LogP contribution in [-0.4, -0.2) is 5.91 Å². The number of rotatable bonds is 2. The Morgan fingerprint density at radius 1 is 1.10 bits per heavy atom. The molecule has 2 nitrogen and oxygen atoms in total. The predicted octanol–water partition coefficient (Wildman–Crippen LogP) is 3.94. The van der Waals surface area contributed by atoms with E-state index in [0.29, 0.717) is 11.3 Å². The summed E-state index contributed by atoms with van der Waals surface area (Å²) in [5.74, 6) is 1.55. The van der Waals surface area contributed by atoms with Gasteiger partial charge in [0, 0.05) is 11.3 Å². The van der Waals surface area contributed by atoms with Gasteiger partial charge in [-0.3, -0.25) is 4.79 Å². The van der Waals surface area contributed by atoms with Crippen LogP contribution in [0.1, 0.15) is 21.5 Å². The van der Waals surface area contributed by atoms with Gasteiger partial charge in [-0.1, -0.05) is 24.1 Å². The second kappa shape index (κ2) is 5.71. The number of amides is 1. The van der Waals surface area contributed by atoms with Gasteiger partial charge in [0.1, 0.15) is 0 Å². The lowest BCUT2D eigenvalue weighted by Crippen LogP contribution is -2.18. The lowest BCUT2D eigenvalue weighted by Gasteiger charge is -2.12. The number of benzene rings is 2. The molecule has 0 aliphatic rings. The fraction of sp³-hybridized carbons (Fsp3) is 0.0625. The van der Waals surface area contributed by atoms with Crippen molar-refractivity contribution in [2.45, 2.75) is 6.18 Å². The number of carbonyl (C=O) groups excluding carboxylic acids is 1. The minimum Gasteiger partial charge on any atom is -0.322 e. The van der Waals surface area contributed by atoms with Crippen LogP contribution in [-0.2, 0) is 6.18 Å². The minimum absolute atomic E-state index is 0.340. The molecule has 0 unspecified atom stereocenters. The van der Waals surface area contributed by atoms with Crippen LogP contribution in [0.5, 0.6) is 0 Å². The molecule has 0 saturated carbocycles. The molecule has 0 aromatic heterocycles. The fourth-order valence-electron chi connectivity index (χ4n) is 1.81. The van der Waals surface area contributed by atoms with Gasteiger partial charge in [0.15, 0.2) is 0 Å². The molecule has 0 radical (unpaired) electrons. The topological polar surface area (TPSA) is 29.1 Å². The van der Waals surface area contributed by atoms with E-state index >= 15 is 0 Å². The molecule has 106 valence electrons. The number of anilines is 1. The van der Waals surface area contributed by atoms with Crippen molar-refractivity contribution in [3.05, 3.63) is 65.2 Å². The van der Waals surface area contributed by atoms with E-state index in [-0.39, 0.29) is 0 Å². The SMILES string of the molecule is C#Cc1cccc(NC(=O)c2ccccc2C(F)(F)F)c1. The highest BCUT2D eigenvalue weighted by Gasteiger charge is 2.34. The summed E-state index contributed by atoms with van der Waals surface area (Å²) < 4.78 is 38.6. The van der Waals surface area contributed by atoms with Crippen LogP contribution >= 0.6 is 0 Å². The second-order valence-corrected chi connectivity index (χ2v) is 4.22. The van der Waals surface area contributed by atoms with Crippen molar-refractivity contribution in [2.24, 2.45) is 0 Å². The number of nitrogens with one attached hydrogen (secondary N) is 1. The van der Waals surface area contributed by atoms with Gasteiger partial charge in [-0.05, 0) is 30.3 Å². The Hall–Kier alpha value is -2.74. The molecule has 2 rings (SSSR count). The lowest BCUT2D eigenvalue weighted by atomic mass is 10.1. The van der Waals surface area contributed by atoms with Crippen molar-refractivity contribution >= 4 is 11.6 Å². The molecule has 1 N–H and O–H groups in total. The average Bonchev–Trinajstić information content (AvgIpc) is 2.46. The lowest BCUT2D eigenvalue weighted by molar-refractivity contribution is -0.137. The number of carbonyl (C=O) groups is 1. The zero-order valence-electron chi connectivity index (χ0n) is 10.7. The zero-order chi connectivity index (χ0) is 15.5. The molecular weight excluding hydrogens is 279 g/mol. The standard InChI is InChI=1S/C16H10F3NO/c1-2-11-6-5-7-12(10-11)20-15(21)13-8-3-4-9-14(13)16(17,18)19/h1,3-10H,(H,20,21). The monoisotopic (exact) mass is 289 g/mol. The molecule has 5 heteroatoms. The van der Waals surface area contributed by atoms with Crippen molar-refractivity contribution in [1.29, 1.82) is 0 Å². The molecule has 0 atom stereocenters. The third kappa shape index (κ3) is 3.42. The molecule has 0 spiro atoms. The number of alkyl halides is 3. The predicted molar refractivity (Wildman–Crippen MR) is 73.8 cm³/mol. The third-order valence-corrected chi connectivity index (χ3v) is 2.76. The van der Waals surface area contributed by atoms with Crippen molar-refractivity contribution in [2.75, 3.05) is 5.32 Å². The van der Waals surface area contributed by atoms with E-state index in [2.05, 4.69) is 11.2 Å². The summed E-state index contributed by atoms with van der Waals surface area (Å²) in [5.41, 5.74) is -0.545. The minimum atomic E-state index is -4.59. The summed E-state index contributed by atoms with van der Waals surface area (Å²) >= 11 is 0. The molecule has 2 aromatic rings. The normalized spacial score (nSPS) is 10.8. The smallest absolute Gasteiger partial charge is 0.322 e. The maximum absolute atomic E-state index is 12.9. The van der Waals surface area contributed by atoms with Crippen molar-refractivity contribution in [3.8, 4) is 12.3 Å². The first-order valence-corrected chi connectivity index (χ1v) is 5.96. The molecular formula is C16H10F3NO. The van der Waals surface area contributed by atoms with Crippen molar-refractivity contribution < 1.29 is 18.0 Å². The summed E-state index contributed by atoms with van der Waals surface area (Å²) in [5, 5.41) is 2.41. The van der Waals surface area contributed by atoms with E-state index in [4.69, 9.17) is 6.42 Å². The highest BCUT2D eigenvalue weighted by Crippen LogP contribution is 2.32. The van der Waals surface area contributed by atoms with Crippen LogP contribution < -0.4 is 5.32 Å². The molecule has 0 heterocycles. The van der Waals surface area contributed by atoms with Gasteiger partial charge < -0.3 is 5.32 Å². The van der Waals surface area contributed by atoms with E-state index < -0.39 is 23.2 Å². The zero-order valence-corrected chi connectivity index (χ0v) is 10.7. The molecule has 0 aliphatic carbocycles. The molecule has 1 amide bonds. The Morgan fingerprint density at radius 2 is 1.81 bits per heavy atom. The van der Waals surface area contributed by atoms with E-state index in [1.165, 1.54) is 18.2 Å². The van der Waals surface area contributed by atoms with Gasteiger partial charge in [0.2, 0.25) is 0 Å². The number of hydrogen-bond donors (Lipinski definition) is 1. The van der Waals surface area contributed by atoms with Crippen LogP contribution in [0, 0.1) is 12.3 Å². The van der Waals surface area contributed by atoms with Crippen LogP contribution in [0.4, 0.5) is 18.9 Å². The Labute approximate surface area is 119 Å². The van der Waals surface area contributed by atoms with Gasteiger partial charge in [-0.15, -0.1) is 6.42 Å². The Morgan fingerprint density at radius 3 is 2.48 bits per heavy atom. The molecule has 21 heavy (non-hydrogen) atoms. The molecule has 2 aromatic carbocycles. The number of hydrogen-bond acceptors (Lipinski definition) is 1. The summed E-state index contributed by atoms with van der Waals surface area (Å²) in [4.78, 5) is 12.0. The second-order valence-electron chi connectivity index (χ2n) is 4.22. The Kier molecular flexibility index (Phi) is 3.99. The maximum atomic E-state index is 12.9. The summed E-state index contributed by atoms with van der Waals surface area (Å²) in [6.45, 7) is 0. The quantitative estimate of drug-likeness (QED) is 0.834. The Balaban J connectivity index is 2.31. The highest BCUT2D eigenvalue weighted by atomic mass is 19.4. The first kappa shape index (κ1) is 14.7. The molecule has 0 aliphatic heterocycles. The van der Waals surface area contributed by atoms with E-state index in [1.54, 1.807) is 18.2 Å². The number of halogens is 3. The van der Waals surface area contributed by atoms with E-state index in [9.17, 15) is 18.0 Å². The summed E-state index contributed by atoms with van der Waals surface area (Å²) in [6, 6.07) is 10.9. The number of terminal acetylenes is 1. The van der Waals surface area contributed by atoms with Gasteiger partial charge in [0.05, 0.1) is 11.1 Å². The van der Waals surface area contributed by atoms with Crippen LogP contribution in [0.2, 0.25) is 0 Å². The van der Waals surface area contributed by atoms with Crippen LogP contribution in [0.3, 0.4) is 0 Å². The van der Waals surface area contributed by atoms with Crippen LogP contribution in [0.25, 0.3) is 0 Å². The third-order valence-electron chi connectivity index (χ3n) is 2.76. The maximum Gasteiger partial charge on any atom is 0.417 e. The van der Waals surface area contributed by atoms with E-state index in [1.807, 2.05) is 0 Å². The van der Waals surface area contributed by atoms with Gasteiger partial charge >= 0.3 is 6.18 Å². The largest absolute Gasteiger partial charge is 0.417 e. The first-order valence-electron chi connectivity index (χ1n) is 5.96. The first-order chi connectivity index (χ1) is 9.91. The average molecular weight is 289 g/mol. The summed E-state index contributed by atoms with van der Waals surface area (Å²) in [6.07, 6.45) is 0.642. The van der Waals surface area contributed by atoms with Crippen molar-refractivity contribution in [1.82, 2.24) is 0 Å². The molecule has 0 saturated heterocycles. The van der Waals surface area contributed by atoms with Gasteiger partial charge in [0.25, 0.3) is 5.91 Å². The van der Waals surface area contributed by atoms with Crippen molar-refractivity contribution in [3.63, 3.8) is 0 Å². The molecule has 0 fully saturated rings. The molecule has 0 bridgehead atoms. The van der Waals surface area contributed by atoms with Crippen LogP contribution in [0.15, 0.2) is 48.5 Å². The fourth-order valence-corrected chi connectivity index (χ4v) is 1.81. The Bertz CT molecular complexity index is 714. The van der Waals surface area contributed by atoms with Gasteiger partial charge in [-0.2, -0.15) is 13.2 Å². The highest BCUT2D eigenvalue weighted by molar-refractivity contribution is 6.05. The summed E-state index contributed by atoms with van der Waals surface area (Å²) in [7, 11) is 0. The van der Waals surface area contributed by atoms with E-state index in [0.717, 1.165) is 12.1 Å².